The molecule has 1 heterocycles. The first-order chi connectivity index (χ1) is 11.4. The van der Waals surface area contributed by atoms with Crippen LogP contribution < -0.4 is 11.1 Å². The maximum absolute atomic E-state index is 12.3. The Morgan fingerprint density at radius 1 is 1.21 bits per heavy atom. The van der Waals surface area contributed by atoms with Gasteiger partial charge in [0.25, 0.3) is 5.91 Å². The number of hydrogen-bond donors (Lipinski definition) is 2. The Morgan fingerprint density at radius 3 is 2.33 bits per heavy atom. The normalized spacial score (nSPS) is 11.7. The summed E-state index contributed by atoms with van der Waals surface area (Å²) < 4.78 is 4.58. The Balaban J connectivity index is 2.07. The molecule has 0 aliphatic rings. The van der Waals surface area contributed by atoms with Crippen molar-refractivity contribution in [2.24, 2.45) is 5.73 Å². The maximum Gasteiger partial charge on any atom is 0.322 e. The first-order valence-corrected chi connectivity index (χ1v) is 7.70. The fraction of sp³-hybridized carbons (Fsp3) is 0.188. The van der Waals surface area contributed by atoms with Crippen LogP contribution >= 0.6 is 23.2 Å². The van der Waals surface area contributed by atoms with E-state index in [4.69, 9.17) is 28.9 Å². The average Bonchev–Trinajstić information content (AvgIpc) is 2.58. The lowest BCUT2D eigenvalue weighted by atomic mass is 10.0. The molecule has 0 fully saturated rings. The lowest BCUT2D eigenvalue weighted by Gasteiger charge is -2.11. The van der Waals surface area contributed by atoms with Crippen LogP contribution in [0.4, 0.5) is 5.69 Å². The summed E-state index contributed by atoms with van der Waals surface area (Å²) in [6.07, 6.45) is 3.09. The largest absolute Gasteiger partial charge is 0.468 e. The van der Waals surface area contributed by atoms with Gasteiger partial charge in [-0.05, 0) is 24.1 Å². The van der Waals surface area contributed by atoms with Gasteiger partial charge < -0.3 is 15.8 Å². The average molecular weight is 368 g/mol. The fourth-order valence-electron chi connectivity index (χ4n) is 2.00. The Hall–Kier alpha value is -2.15. The number of rotatable bonds is 5. The van der Waals surface area contributed by atoms with E-state index in [9.17, 15) is 9.59 Å². The van der Waals surface area contributed by atoms with E-state index in [1.807, 2.05) is 0 Å². The molecular weight excluding hydrogens is 353 g/mol. The Labute approximate surface area is 148 Å². The van der Waals surface area contributed by atoms with Crippen molar-refractivity contribution in [3.8, 4) is 0 Å². The van der Waals surface area contributed by atoms with Crippen molar-refractivity contribution in [3.63, 3.8) is 0 Å². The van der Waals surface area contributed by atoms with Crippen molar-refractivity contribution in [2.75, 3.05) is 12.4 Å². The van der Waals surface area contributed by atoms with E-state index in [1.165, 1.54) is 19.5 Å². The Kier molecular flexibility index (Phi) is 6.14. The van der Waals surface area contributed by atoms with Gasteiger partial charge in [0.2, 0.25) is 0 Å². The number of nitrogens with two attached hydrogens (primary N) is 1. The SMILES string of the molecule is COC(=O)[C@@H](N)Cc1ccc(C(=O)Nc2c(Cl)cncc2Cl)cc1. The summed E-state index contributed by atoms with van der Waals surface area (Å²) in [5.74, 6) is -0.854. The maximum atomic E-state index is 12.3. The number of hydrogen-bond acceptors (Lipinski definition) is 5. The minimum absolute atomic E-state index is 0.247. The number of esters is 1. The monoisotopic (exact) mass is 367 g/mol. The number of carbonyl (C=O) groups excluding carboxylic acids is 2. The van der Waals surface area contributed by atoms with Gasteiger partial charge in [-0.1, -0.05) is 35.3 Å². The van der Waals surface area contributed by atoms with Crippen LogP contribution in [0.15, 0.2) is 36.7 Å². The molecule has 1 aromatic heterocycles. The minimum Gasteiger partial charge on any atom is -0.468 e. The molecule has 1 amide bonds. The molecule has 0 aliphatic carbocycles. The molecule has 8 heteroatoms. The van der Waals surface area contributed by atoms with E-state index in [-0.39, 0.29) is 16.0 Å². The Bertz CT molecular complexity index is 730. The Morgan fingerprint density at radius 2 is 1.79 bits per heavy atom. The summed E-state index contributed by atoms with van der Waals surface area (Å²) in [7, 11) is 1.28. The van der Waals surface area contributed by atoms with E-state index >= 15 is 0 Å². The molecule has 3 N–H and O–H groups in total. The van der Waals surface area contributed by atoms with Crippen LogP contribution in [0.25, 0.3) is 0 Å². The van der Waals surface area contributed by atoms with Crippen LogP contribution in [0.3, 0.4) is 0 Å². The fourth-order valence-corrected chi connectivity index (χ4v) is 2.46. The zero-order valence-corrected chi connectivity index (χ0v) is 14.3. The molecule has 0 saturated heterocycles. The van der Waals surface area contributed by atoms with Crippen LogP contribution in [-0.2, 0) is 16.0 Å². The van der Waals surface area contributed by atoms with Gasteiger partial charge in [0, 0.05) is 18.0 Å². The number of nitrogens with one attached hydrogen (secondary N) is 1. The lowest BCUT2D eigenvalue weighted by molar-refractivity contribution is -0.142. The van der Waals surface area contributed by atoms with Crippen LogP contribution in [0.5, 0.6) is 0 Å². The molecule has 0 saturated carbocycles. The first kappa shape index (κ1) is 18.2. The van der Waals surface area contributed by atoms with Gasteiger partial charge in [0.1, 0.15) is 6.04 Å². The third-order valence-corrected chi connectivity index (χ3v) is 3.84. The first-order valence-electron chi connectivity index (χ1n) is 6.95. The van der Waals surface area contributed by atoms with Crippen LogP contribution in [0.2, 0.25) is 10.0 Å². The smallest absolute Gasteiger partial charge is 0.322 e. The highest BCUT2D eigenvalue weighted by Crippen LogP contribution is 2.29. The highest BCUT2D eigenvalue weighted by atomic mass is 35.5. The number of pyridine rings is 1. The molecule has 0 unspecified atom stereocenters. The molecule has 24 heavy (non-hydrogen) atoms. The van der Waals surface area contributed by atoms with Gasteiger partial charge in [-0.15, -0.1) is 0 Å². The van der Waals surface area contributed by atoms with E-state index in [2.05, 4.69) is 15.0 Å². The van der Waals surface area contributed by atoms with E-state index in [0.29, 0.717) is 17.7 Å². The number of nitrogens with zero attached hydrogens (tertiary/aromatic N) is 1. The molecule has 126 valence electrons. The van der Waals surface area contributed by atoms with Crippen LogP contribution in [0.1, 0.15) is 15.9 Å². The van der Waals surface area contributed by atoms with Crippen molar-refractivity contribution < 1.29 is 14.3 Å². The van der Waals surface area contributed by atoms with Gasteiger partial charge in [0.05, 0.1) is 22.8 Å². The number of methoxy groups -OCH3 is 1. The van der Waals surface area contributed by atoms with Crippen molar-refractivity contribution in [1.29, 1.82) is 0 Å². The molecule has 0 radical (unpaired) electrons. The third kappa shape index (κ3) is 4.44. The highest BCUT2D eigenvalue weighted by molar-refractivity contribution is 6.39. The topological polar surface area (TPSA) is 94.3 Å². The molecule has 0 aliphatic heterocycles. The summed E-state index contributed by atoms with van der Waals surface area (Å²) in [6.45, 7) is 0. The molecule has 1 aromatic carbocycles. The number of anilines is 1. The van der Waals surface area contributed by atoms with Gasteiger partial charge in [-0.2, -0.15) is 0 Å². The number of benzene rings is 1. The number of amides is 1. The zero-order chi connectivity index (χ0) is 17.7. The van der Waals surface area contributed by atoms with Crippen molar-refractivity contribution in [3.05, 3.63) is 57.8 Å². The second-order valence-corrected chi connectivity index (χ2v) is 5.78. The van der Waals surface area contributed by atoms with E-state index in [0.717, 1.165) is 5.56 Å². The standard InChI is InChI=1S/C16H15Cl2N3O3/c1-24-16(23)13(19)6-9-2-4-10(5-3-9)15(22)21-14-11(17)7-20-8-12(14)18/h2-5,7-8,13H,6,19H2,1H3,(H,20,21,22)/t13-/m0/s1. The number of aromatic nitrogens is 1. The molecular formula is C16H15Cl2N3O3. The highest BCUT2D eigenvalue weighted by Gasteiger charge is 2.15. The molecule has 2 rings (SSSR count). The summed E-state index contributed by atoms with van der Waals surface area (Å²) in [5, 5.41) is 3.13. The summed E-state index contributed by atoms with van der Waals surface area (Å²) in [4.78, 5) is 27.4. The number of carbonyl (C=O) groups is 2. The minimum atomic E-state index is -0.746. The van der Waals surface area contributed by atoms with Gasteiger partial charge in [-0.25, -0.2) is 0 Å². The molecule has 2 aromatic rings. The van der Waals surface area contributed by atoms with Crippen LogP contribution in [0, 0.1) is 0 Å². The second kappa shape index (κ2) is 8.10. The summed E-state index contributed by atoms with van der Waals surface area (Å²) in [5.41, 5.74) is 7.23. The number of ether oxygens (including phenoxy) is 1. The summed E-state index contributed by atoms with van der Waals surface area (Å²) >= 11 is 11.9. The lowest BCUT2D eigenvalue weighted by Crippen LogP contribution is -2.33. The van der Waals surface area contributed by atoms with Gasteiger partial charge in [0.15, 0.2) is 0 Å². The quantitative estimate of drug-likeness (QED) is 0.792. The number of halogens is 2. The predicted octanol–water partition coefficient (Wildman–Crippen LogP) is 2.68. The van der Waals surface area contributed by atoms with Gasteiger partial charge in [-0.3, -0.25) is 14.6 Å². The molecule has 0 spiro atoms. The predicted molar refractivity (Wildman–Crippen MR) is 92.3 cm³/mol. The summed E-state index contributed by atoms with van der Waals surface area (Å²) in [6, 6.07) is 5.93. The molecule has 6 nitrogen and oxygen atoms in total. The second-order valence-electron chi connectivity index (χ2n) is 4.96. The van der Waals surface area contributed by atoms with Crippen LogP contribution in [-0.4, -0.2) is 30.0 Å². The van der Waals surface area contributed by atoms with Crippen molar-refractivity contribution in [2.45, 2.75) is 12.5 Å². The van der Waals surface area contributed by atoms with E-state index < -0.39 is 12.0 Å². The van der Waals surface area contributed by atoms with Crippen molar-refractivity contribution in [1.82, 2.24) is 4.98 Å². The van der Waals surface area contributed by atoms with Crippen molar-refractivity contribution >= 4 is 40.8 Å². The van der Waals surface area contributed by atoms with Gasteiger partial charge >= 0.3 is 5.97 Å². The van der Waals surface area contributed by atoms with E-state index in [1.54, 1.807) is 24.3 Å². The molecule has 0 bridgehead atoms. The zero-order valence-electron chi connectivity index (χ0n) is 12.8. The third-order valence-electron chi connectivity index (χ3n) is 3.27. The molecule has 1 atom stereocenters.